The van der Waals surface area contributed by atoms with Gasteiger partial charge in [-0.1, -0.05) is 23.2 Å². The Morgan fingerprint density at radius 1 is 1.29 bits per heavy atom. The summed E-state index contributed by atoms with van der Waals surface area (Å²) in [5.74, 6) is 0. The van der Waals surface area contributed by atoms with Gasteiger partial charge in [0, 0.05) is 31.2 Å². The van der Waals surface area contributed by atoms with Crippen LogP contribution in [0.25, 0.3) is 0 Å². The smallest absolute Gasteiger partial charge is 0.0923 e. The Kier molecular flexibility index (Phi) is 4.50. The van der Waals surface area contributed by atoms with Gasteiger partial charge in [0.15, 0.2) is 0 Å². The van der Waals surface area contributed by atoms with Crippen LogP contribution in [0, 0.1) is 0 Å². The van der Waals surface area contributed by atoms with Crippen molar-refractivity contribution in [3.8, 4) is 0 Å². The minimum absolute atomic E-state index is 0.465. The van der Waals surface area contributed by atoms with Gasteiger partial charge in [-0.25, -0.2) is 0 Å². The number of aliphatic hydroxyl groups excluding tert-OH is 1. The quantitative estimate of drug-likeness (QED) is 0.816. The predicted octanol–water partition coefficient (Wildman–Crippen LogP) is 5.09. The standard InChI is InChI=1S/C12H9BrCl2OS/c13-8-5-12(17-6-8)11(16)4-7-3-9(14)1-2-10(7)15/h1-3,5-6,11,16H,4H2. The molecular formula is C12H9BrCl2OS. The van der Waals surface area contributed by atoms with Crippen molar-refractivity contribution in [3.05, 3.63) is 54.6 Å². The Bertz CT molecular complexity index is 527. The van der Waals surface area contributed by atoms with Gasteiger partial charge in [0.05, 0.1) is 6.10 Å². The highest BCUT2D eigenvalue weighted by Gasteiger charge is 2.13. The van der Waals surface area contributed by atoms with Crippen molar-refractivity contribution >= 4 is 50.5 Å². The van der Waals surface area contributed by atoms with Crippen molar-refractivity contribution in [2.75, 3.05) is 0 Å². The van der Waals surface area contributed by atoms with E-state index in [4.69, 9.17) is 23.2 Å². The highest BCUT2D eigenvalue weighted by molar-refractivity contribution is 9.10. The third-order valence-corrected chi connectivity index (χ3v) is 4.74. The van der Waals surface area contributed by atoms with Crippen molar-refractivity contribution in [1.29, 1.82) is 0 Å². The van der Waals surface area contributed by atoms with E-state index in [0.717, 1.165) is 14.9 Å². The summed E-state index contributed by atoms with van der Waals surface area (Å²) in [7, 11) is 0. The second-order valence-corrected chi connectivity index (χ2v) is 6.33. The summed E-state index contributed by atoms with van der Waals surface area (Å²) in [6.07, 6.45) is -0.0888. The maximum Gasteiger partial charge on any atom is 0.0923 e. The van der Waals surface area contributed by atoms with E-state index in [1.165, 1.54) is 11.3 Å². The zero-order valence-corrected chi connectivity index (χ0v) is 12.6. The van der Waals surface area contributed by atoms with Crippen LogP contribution in [0.15, 0.2) is 34.1 Å². The molecule has 90 valence electrons. The normalized spacial score (nSPS) is 12.7. The first-order chi connectivity index (χ1) is 8.06. The fourth-order valence-electron chi connectivity index (χ4n) is 1.51. The van der Waals surface area contributed by atoms with Gasteiger partial charge in [0.1, 0.15) is 0 Å². The Balaban J connectivity index is 2.18. The third kappa shape index (κ3) is 3.46. The molecule has 0 aliphatic heterocycles. The maximum atomic E-state index is 10.1. The average Bonchev–Trinajstić information content (AvgIpc) is 2.70. The van der Waals surface area contributed by atoms with Crippen LogP contribution in [0.1, 0.15) is 16.5 Å². The molecule has 0 radical (unpaired) electrons. The summed E-state index contributed by atoms with van der Waals surface area (Å²) in [5.41, 5.74) is 0.858. The lowest BCUT2D eigenvalue weighted by molar-refractivity contribution is 0.182. The zero-order valence-electron chi connectivity index (χ0n) is 8.66. The van der Waals surface area contributed by atoms with Crippen molar-refractivity contribution in [1.82, 2.24) is 0 Å². The summed E-state index contributed by atoms with van der Waals surface area (Å²) in [6, 6.07) is 7.18. The minimum Gasteiger partial charge on any atom is -0.387 e. The monoisotopic (exact) mass is 350 g/mol. The van der Waals surface area contributed by atoms with E-state index in [1.54, 1.807) is 18.2 Å². The van der Waals surface area contributed by atoms with Crippen LogP contribution < -0.4 is 0 Å². The molecular weight excluding hydrogens is 343 g/mol. The molecule has 1 unspecified atom stereocenters. The topological polar surface area (TPSA) is 20.2 Å². The lowest BCUT2D eigenvalue weighted by atomic mass is 10.1. The number of rotatable bonds is 3. The second kappa shape index (κ2) is 5.72. The minimum atomic E-state index is -0.553. The summed E-state index contributed by atoms with van der Waals surface area (Å²) in [4.78, 5) is 0.910. The van der Waals surface area contributed by atoms with Crippen molar-refractivity contribution in [2.24, 2.45) is 0 Å². The lowest BCUT2D eigenvalue weighted by Crippen LogP contribution is -2.00. The first kappa shape index (κ1) is 13.4. The van der Waals surface area contributed by atoms with Gasteiger partial charge < -0.3 is 5.11 Å². The molecule has 0 spiro atoms. The molecule has 1 atom stereocenters. The molecule has 0 aliphatic carbocycles. The van der Waals surface area contributed by atoms with Crippen LogP contribution in [-0.4, -0.2) is 5.11 Å². The summed E-state index contributed by atoms with van der Waals surface area (Å²) >= 11 is 16.8. The lowest BCUT2D eigenvalue weighted by Gasteiger charge is -2.10. The van der Waals surface area contributed by atoms with Gasteiger partial charge in [0.25, 0.3) is 0 Å². The van der Waals surface area contributed by atoms with Gasteiger partial charge >= 0.3 is 0 Å². The van der Waals surface area contributed by atoms with Gasteiger partial charge in [-0.15, -0.1) is 11.3 Å². The highest BCUT2D eigenvalue weighted by Crippen LogP contribution is 2.30. The second-order valence-electron chi connectivity index (χ2n) is 3.62. The van der Waals surface area contributed by atoms with E-state index in [0.29, 0.717) is 16.5 Å². The van der Waals surface area contributed by atoms with Crippen LogP contribution >= 0.6 is 50.5 Å². The van der Waals surface area contributed by atoms with Crippen molar-refractivity contribution in [2.45, 2.75) is 12.5 Å². The molecule has 0 bridgehead atoms. The fourth-order valence-corrected chi connectivity index (χ4v) is 3.33. The van der Waals surface area contributed by atoms with Crippen LogP contribution in [-0.2, 0) is 6.42 Å². The SMILES string of the molecule is OC(Cc1cc(Cl)ccc1Cl)c1cc(Br)cs1. The number of halogens is 3. The molecule has 0 aliphatic rings. The van der Waals surface area contributed by atoms with E-state index in [-0.39, 0.29) is 0 Å². The Morgan fingerprint density at radius 3 is 2.71 bits per heavy atom. The number of hydrogen-bond acceptors (Lipinski definition) is 2. The molecule has 0 amide bonds. The maximum absolute atomic E-state index is 10.1. The molecule has 2 aromatic rings. The summed E-state index contributed by atoms with van der Waals surface area (Å²) in [5, 5.41) is 13.3. The number of thiophene rings is 1. The van der Waals surface area contributed by atoms with Gasteiger partial charge in [-0.3, -0.25) is 0 Å². The van der Waals surface area contributed by atoms with Gasteiger partial charge in [0.2, 0.25) is 0 Å². The van der Waals surface area contributed by atoms with Crippen molar-refractivity contribution in [3.63, 3.8) is 0 Å². The molecule has 1 aromatic carbocycles. The molecule has 17 heavy (non-hydrogen) atoms. The molecule has 0 saturated heterocycles. The largest absolute Gasteiger partial charge is 0.387 e. The van der Waals surface area contributed by atoms with E-state index in [2.05, 4.69) is 15.9 Å². The zero-order chi connectivity index (χ0) is 12.4. The predicted molar refractivity (Wildman–Crippen MR) is 77.1 cm³/mol. The Labute approximate surface area is 122 Å². The van der Waals surface area contributed by atoms with Crippen LogP contribution in [0.2, 0.25) is 10.0 Å². The number of benzene rings is 1. The number of aliphatic hydroxyl groups is 1. The first-order valence-corrected chi connectivity index (χ1v) is 7.35. The van der Waals surface area contributed by atoms with E-state index < -0.39 is 6.10 Å². The Morgan fingerprint density at radius 2 is 2.06 bits per heavy atom. The van der Waals surface area contributed by atoms with E-state index >= 15 is 0 Å². The highest BCUT2D eigenvalue weighted by atomic mass is 79.9. The fraction of sp³-hybridized carbons (Fsp3) is 0.167. The molecule has 0 fully saturated rings. The van der Waals surface area contributed by atoms with Gasteiger partial charge in [-0.2, -0.15) is 0 Å². The molecule has 1 N–H and O–H groups in total. The number of hydrogen-bond donors (Lipinski definition) is 1. The molecule has 1 nitrogen and oxygen atoms in total. The molecule has 2 rings (SSSR count). The first-order valence-electron chi connectivity index (χ1n) is 4.92. The average molecular weight is 352 g/mol. The molecule has 1 aromatic heterocycles. The van der Waals surface area contributed by atoms with Crippen LogP contribution in [0.4, 0.5) is 0 Å². The molecule has 0 saturated carbocycles. The molecule has 5 heteroatoms. The summed E-state index contributed by atoms with van der Waals surface area (Å²) < 4.78 is 0.980. The van der Waals surface area contributed by atoms with Gasteiger partial charge in [-0.05, 0) is 45.8 Å². The summed E-state index contributed by atoms with van der Waals surface area (Å²) in [6.45, 7) is 0. The van der Waals surface area contributed by atoms with Crippen LogP contribution in [0.5, 0.6) is 0 Å². The van der Waals surface area contributed by atoms with Crippen LogP contribution in [0.3, 0.4) is 0 Å². The third-order valence-electron chi connectivity index (χ3n) is 2.34. The van der Waals surface area contributed by atoms with Crippen molar-refractivity contribution < 1.29 is 5.11 Å². The Hall–Kier alpha value is -0.0600. The van der Waals surface area contributed by atoms with E-state index in [9.17, 15) is 5.11 Å². The molecule has 1 heterocycles. The van der Waals surface area contributed by atoms with E-state index in [1.807, 2.05) is 11.4 Å².